The maximum atomic E-state index is 6.10. The SMILES string of the molecule is CCn1c(SCc2noc(-c3cccc(Cl)c3)n2)nnc1-c1cccc(Cl)c1. The minimum atomic E-state index is 0.440. The van der Waals surface area contributed by atoms with Crippen molar-refractivity contribution in [2.45, 2.75) is 24.4 Å². The third kappa shape index (κ3) is 4.06. The van der Waals surface area contributed by atoms with E-state index >= 15 is 0 Å². The highest BCUT2D eigenvalue weighted by Gasteiger charge is 2.15. The van der Waals surface area contributed by atoms with Crippen molar-refractivity contribution >= 4 is 35.0 Å². The zero-order valence-corrected chi connectivity index (χ0v) is 17.2. The molecule has 0 radical (unpaired) electrons. The molecule has 0 amide bonds. The average molecular weight is 432 g/mol. The van der Waals surface area contributed by atoms with Crippen molar-refractivity contribution in [1.29, 1.82) is 0 Å². The van der Waals surface area contributed by atoms with Gasteiger partial charge in [0.1, 0.15) is 0 Å². The Kier molecular flexibility index (Phi) is 5.66. The Labute approximate surface area is 175 Å². The fraction of sp³-hybridized carbons (Fsp3) is 0.158. The fourth-order valence-corrected chi connectivity index (χ4v) is 3.93. The minimum absolute atomic E-state index is 0.440. The fourth-order valence-electron chi connectivity index (χ4n) is 2.70. The smallest absolute Gasteiger partial charge is 0.258 e. The van der Waals surface area contributed by atoms with Crippen molar-refractivity contribution in [3.8, 4) is 22.8 Å². The van der Waals surface area contributed by atoms with E-state index in [4.69, 9.17) is 27.7 Å². The standard InChI is InChI=1S/C19H15Cl2N5OS/c1-2-26-17(12-5-3-7-14(20)9-12)23-24-19(26)28-11-16-22-18(27-25-16)13-6-4-8-15(21)10-13/h3-10H,2,11H2,1H3. The molecule has 0 unspecified atom stereocenters. The molecule has 0 saturated heterocycles. The number of halogens is 2. The summed E-state index contributed by atoms with van der Waals surface area (Å²) in [5.41, 5.74) is 1.72. The zero-order chi connectivity index (χ0) is 19.5. The summed E-state index contributed by atoms with van der Waals surface area (Å²) in [7, 11) is 0. The Hall–Kier alpha value is -2.35. The van der Waals surface area contributed by atoms with E-state index in [1.165, 1.54) is 11.8 Å². The second-order valence-corrected chi connectivity index (χ2v) is 7.69. The van der Waals surface area contributed by atoms with Crippen LogP contribution >= 0.6 is 35.0 Å². The number of thioether (sulfide) groups is 1. The van der Waals surface area contributed by atoms with Crippen LogP contribution in [0.5, 0.6) is 0 Å². The summed E-state index contributed by atoms with van der Waals surface area (Å²) in [5, 5.41) is 14.8. The molecule has 9 heteroatoms. The van der Waals surface area contributed by atoms with Gasteiger partial charge in [-0.25, -0.2) is 0 Å². The first-order chi connectivity index (χ1) is 13.6. The highest BCUT2D eigenvalue weighted by atomic mass is 35.5. The van der Waals surface area contributed by atoms with Gasteiger partial charge in [0, 0.05) is 27.7 Å². The molecule has 2 aromatic heterocycles. The maximum Gasteiger partial charge on any atom is 0.258 e. The Balaban J connectivity index is 1.51. The van der Waals surface area contributed by atoms with Gasteiger partial charge >= 0.3 is 0 Å². The van der Waals surface area contributed by atoms with Crippen LogP contribution in [0.4, 0.5) is 0 Å². The van der Waals surface area contributed by atoms with Crippen LogP contribution in [0.25, 0.3) is 22.8 Å². The van der Waals surface area contributed by atoms with Crippen molar-refractivity contribution in [2.24, 2.45) is 0 Å². The van der Waals surface area contributed by atoms with Crippen molar-refractivity contribution in [2.75, 3.05) is 0 Å². The van der Waals surface area contributed by atoms with Crippen LogP contribution in [0.3, 0.4) is 0 Å². The zero-order valence-electron chi connectivity index (χ0n) is 14.8. The molecule has 28 heavy (non-hydrogen) atoms. The molecule has 0 aliphatic rings. The van der Waals surface area contributed by atoms with E-state index in [9.17, 15) is 0 Å². The van der Waals surface area contributed by atoms with E-state index in [1.807, 2.05) is 47.9 Å². The molecular formula is C19H15Cl2N5OS. The summed E-state index contributed by atoms with van der Waals surface area (Å²) in [6.45, 7) is 2.78. The molecule has 0 aliphatic carbocycles. The summed E-state index contributed by atoms with van der Waals surface area (Å²) in [6, 6.07) is 14.9. The van der Waals surface area contributed by atoms with Crippen LogP contribution in [0, 0.1) is 0 Å². The molecule has 2 aromatic carbocycles. The number of rotatable bonds is 6. The van der Waals surface area contributed by atoms with Gasteiger partial charge in [0.2, 0.25) is 0 Å². The first kappa shape index (κ1) is 19.0. The Morgan fingerprint density at radius 3 is 2.43 bits per heavy atom. The van der Waals surface area contributed by atoms with Crippen LogP contribution in [0.15, 0.2) is 58.2 Å². The van der Waals surface area contributed by atoms with Gasteiger partial charge in [-0.05, 0) is 37.3 Å². The number of benzene rings is 2. The van der Waals surface area contributed by atoms with Crippen LogP contribution < -0.4 is 0 Å². The summed E-state index contributed by atoms with van der Waals surface area (Å²) in [5.74, 6) is 2.31. The maximum absolute atomic E-state index is 6.10. The molecular weight excluding hydrogens is 417 g/mol. The lowest BCUT2D eigenvalue weighted by Crippen LogP contribution is -2.00. The number of hydrogen-bond acceptors (Lipinski definition) is 6. The molecule has 142 valence electrons. The number of nitrogens with zero attached hydrogens (tertiary/aromatic N) is 5. The summed E-state index contributed by atoms with van der Waals surface area (Å²) >= 11 is 13.6. The lowest BCUT2D eigenvalue weighted by atomic mass is 10.2. The van der Waals surface area contributed by atoms with E-state index in [-0.39, 0.29) is 0 Å². The molecule has 0 bridgehead atoms. The largest absolute Gasteiger partial charge is 0.334 e. The lowest BCUT2D eigenvalue weighted by Gasteiger charge is -2.06. The monoisotopic (exact) mass is 431 g/mol. The molecule has 4 aromatic rings. The molecule has 0 N–H and O–H groups in total. The normalized spacial score (nSPS) is 11.1. The third-order valence-electron chi connectivity index (χ3n) is 3.99. The summed E-state index contributed by atoms with van der Waals surface area (Å²) in [6.07, 6.45) is 0. The van der Waals surface area contributed by atoms with Gasteiger partial charge in [-0.1, -0.05) is 58.3 Å². The van der Waals surface area contributed by atoms with Crippen LogP contribution in [0.1, 0.15) is 12.7 Å². The number of hydrogen-bond donors (Lipinski definition) is 0. The second kappa shape index (κ2) is 8.34. The third-order valence-corrected chi connectivity index (χ3v) is 5.42. The quantitative estimate of drug-likeness (QED) is 0.369. The summed E-state index contributed by atoms with van der Waals surface area (Å²) in [4.78, 5) is 4.44. The summed E-state index contributed by atoms with van der Waals surface area (Å²) < 4.78 is 7.38. The number of aromatic nitrogens is 5. The van der Waals surface area contributed by atoms with Crippen molar-refractivity contribution in [3.05, 3.63) is 64.4 Å². The van der Waals surface area contributed by atoms with Crippen molar-refractivity contribution in [1.82, 2.24) is 24.9 Å². The second-order valence-electron chi connectivity index (χ2n) is 5.88. The van der Waals surface area contributed by atoms with Crippen molar-refractivity contribution < 1.29 is 4.52 Å². The van der Waals surface area contributed by atoms with Gasteiger partial charge in [-0.3, -0.25) is 0 Å². The molecule has 0 atom stereocenters. The Bertz CT molecular complexity index is 1110. The highest BCUT2D eigenvalue weighted by molar-refractivity contribution is 7.98. The lowest BCUT2D eigenvalue weighted by molar-refractivity contribution is 0.425. The average Bonchev–Trinajstić information content (AvgIpc) is 3.33. The molecule has 6 nitrogen and oxygen atoms in total. The molecule has 0 fully saturated rings. The van der Waals surface area contributed by atoms with Gasteiger partial charge in [0.25, 0.3) is 5.89 Å². The van der Waals surface area contributed by atoms with Gasteiger partial charge in [0.15, 0.2) is 16.8 Å². The van der Waals surface area contributed by atoms with Gasteiger partial charge in [-0.15, -0.1) is 10.2 Å². The highest BCUT2D eigenvalue weighted by Crippen LogP contribution is 2.28. The molecule has 2 heterocycles. The van der Waals surface area contributed by atoms with Crippen molar-refractivity contribution in [3.63, 3.8) is 0 Å². The molecule has 0 saturated carbocycles. The molecule has 0 spiro atoms. The van der Waals surface area contributed by atoms with Gasteiger partial charge < -0.3 is 9.09 Å². The minimum Gasteiger partial charge on any atom is -0.334 e. The Morgan fingerprint density at radius 1 is 1.00 bits per heavy atom. The van der Waals surface area contributed by atoms with E-state index in [2.05, 4.69) is 20.3 Å². The van der Waals surface area contributed by atoms with Gasteiger partial charge in [0.05, 0.1) is 5.75 Å². The first-order valence-electron chi connectivity index (χ1n) is 8.54. The van der Waals surface area contributed by atoms with E-state index in [0.29, 0.717) is 27.5 Å². The van der Waals surface area contributed by atoms with Crippen LogP contribution in [-0.2, 0) is 12.3 Å². The van der Waals surface area contributed by atoms with Crippen LogP contribution in [-0.4, -0.2) is 24.9 Å². The Morgan fingerprint density at radius 2 is 1.71 bits per heavy atom. The molecule has 0 aliphatic heterocycles. The predicted octanol–water partition coefficient (Wildman–Crippen LogP) is 5.61. The van der Waals surface area contributed by atoms with Crippen LogP contribution in [0.2, 0.25) is 10.0 Å². The molecule has 4 rings (SSSR count). The first-order valence-corrected chi connectivity index (χ1v) is 10.3. The topological polar surface area (TPSA) is 69.6 Å². The van der Waals surface area contributed by atoms with E-state index in [1.54, 1.807) is 12.1 Å². The predicted molar refractivity (Wildman–Crippen MR) is 110 cm³/mol. The van der Waals surface area contributed by atoms with E-state index < -0.39 is 0 Å². The van der Waals surface area contributed by atoms with E-state index in [0.717, 1.165) is 28.7 Å². The van der Waals surface area contributed by atoms with Gasteiger partial charge in [-0.2, -0.15) is 4.98 Å².